The molecule has 0 N–H and O–H groups in total. The molecule has 1 aliphatic heterocycles. The van der Waals surface area contributed by atoms with Crippen LogP contribution in [-0.4, -0.2) is 42.3 Å². The summed E-state index contributed by atoms with van der Waals surface area (Å²) in [5, 5.41) is 2.23. The summed E-state index contributed by atoms with van der Waals surface area (Å²) in [5.41, 5.74) is 4.72. The zero-order chi connectivity index (χ0) is 18.5. The standard InChI is InChI=1S/C22H25N3OS/c1-18-7-5-6-10-20(18)23-22-25(12-11-24-13-15-26-16-14-24)21(17-27-22)19-8-3-2-4-9-19/h2-10,17H,11-16H2,1H3. The maximum Gasteiger partial charge on any atom is 0.190 e. The molecule has 1 saturated heterocycles. The highest BCUT2D eigenvalue weighted by atomic mass is 32.1. The number of thiazole rings is 1. The highest BCUT2D eigenvalue weighted by Crippen LogP contribution is 2.22. The van der Waals surface area contributed by atoms with Gasteiger partial charge in [-0.05, 0) is 24.1 Å². The van der Waals surface area contributed by atoms with E-state index in [1.54, 1.807) is 11.3 Å². The summed E-state index contributed by atoms with van der Waals surface area (Å²) in [7, 11) is 0. The van der Waals surface area contributed by atoms with E-state index in [9.17, 15) is 0 Å². The fourth-order valence-corrected chi connectivity index (χ4v) is 4.28. The lowest BCUT2D eigenvalue weighted by atomic mass is 10.2. The minimum atomic E-state index is 0.834. The third-order valence-corrected chi connectivity index (χ3v) is 5.81. The third kappa shape index (κ3) is 4.38. The van der Waals surface area contributed by atoms with Gasteiger partial charge >= 0.3 is 0 Å². The van der Waals surface area contributed by atoms with Gasteiger partial charge in [-0.2, -0.15) is 0 Å². The molecule has 0 spiro atoms. The molecule has 2 aromatic carbocycles. The average molecular weight is 380 g/mol. The molecular weight excluding hydrogens is 354 g/mol. The van der Waals surface area contributed by atoms with Gasteiger partial charge in [0.15, 0.2) is 4.80 Å². The number of rotatable bonds is 5. The van der Waals surface area contributed by atoms with Crippen molar-refractivity contribution >= 4 is 17.0 Å². The zero-order valence-corrected chi connectivity index (χ0v) is 16.5. The van der Waals surface area contributed by atoms with Crippen molar-refractivity contribution in [2.45, 2.75) is 13.5 Å². The van der Waals surface area contributed by atoms with Crippen molar-refractivity contribution in [2.24, 2.45) is 4.99 Å². The van der Waals surface area contributed by atoms with E-state index in [1.807, 2.05) is 0 Å². The number of ether oxygens (including phenoxy) is 1. The molecule has 0 atom stereocenters. The lowest BCUT2D eigenvalue weighted by Gasteiger charge is -2.26. The van der Waals surface area contributed by atoms with Gasteiger partial charge in [-0.25, -0.2) is 4.99 Å². The van der Waals surface area contributed by atoms with Gasteiger partial charge in [0.1, 0.15) is 0 Å². The van der Waals surface area contributed by atoms with Gasteiger partial charge in [0.05, 0.1) is 24.6 Å². The fourth-order valence-electron chi connectivity index (χ4n) is 3.33. The van der Waals surface area contributed by atoms with E-state index >= 15 is 0 Å². The van der Waals surface area contributed by atoms with Gasteiger partial charge in [0.25, 0.3) is 0 Å². The molecule has 0 radical (unpaired) electrons. The van der Waals surface area contributed by atoms with Crippen molar-refractivity contribution in [3.8, 4) is 11.3 Å². The summed E-state index contributed by atoms with van der Waals surface area (Å²) in [4.78, 5) is 8.51. The van der Waals surface area contributed by atoms with Crippen molar-refractivity contribution in [1.82, 2.24) is 9.47 Å². The van der Waals surface area contributed by atoms with Crippen LogP contribution < -0.4 is 4.80 Å². The van der Waals surface area contributed by atoms with Crippen molar-refractivity contribution in [3.63, 3.8) is 0 Å². The third-order valence-electron chi connectivity index (χ3n) is 4.94. The minimum Gasteiger partial charge on any atom is -0.379 e. The van der Waals surface area contributed by atoms with Crippen LogP contribution in [-0.2, 0) is 11.3 Å². The van der Waals surface area contributed by atoms with E-state index < -0.39 is 0 Å². The molecule has 27 heavy (non-hydrogen) atoms. The largest absolute Gasteiger partial charge is 0.379 e. The van der Waals surface area contributed by atoms with Crippen LogP contribution in [0.2, 0.25) is 0 Å². The summed E-state index contributed by atoms with van der Waals surface area (Å²) in [6.45, 7) is 7.74. The molecule has 140 valence electrons. The molecule has 1 aliphatic rings. The monoisotopic (exact) mass is 379 g/mol. The molecule has 2 heterocycles. The van der Waals surface area contributed by atoms with Crippen LogP contribution >= 0.6 is 11.3 Å². The van der Waals surface area contributed by atoms with E-state index in [2.05, 4.69) is 76.4 Å². The first-order valence-electron chi connectivity index (χ1n) is 9.45. The normalized spacial score (nSPS) is 16.0. The highest BCUT2D eigenvalue weighted by molar-refractivity contribution is 7.07. The molecule has 0 aliphatic carbocycles. The molecule has 0 amide bonds. The van der Waals surface area contributed by atoms with Crippen LogP contribution in [0.1, 0.15) is 5.56 Å². The van der Waals surface area contributed by atoms with Crippen LogP contribution in [0.5, 0.6) is 0 Å². The summed E-state index contributed by atoms with van der Waals surface area (Å²) < 4.78 is 7.84. The SMILES string of the molecule is Cc1ccccc1N=c1scc(-c2ccccc2)n1CCN1CCOCC1. The second-order valence-corrected chi connectivity index (χ2v) is 7.61. The van der Waals surface area contributed by atoms with Crippen LogP contribution in [0.15, 0.2) is 65.0 Å². The van der Waals surface area contributed by atoms with E-state index in [0.717, 1.165) is 49.9 Å². The first-order valence-corrected chi connectivity index (χ1v) is 10.3. The van der Waals surface area contributed by atoms with Crippen LogP contribution in [0.4, 0.5) is 5.69 Å². The lowest BCUT2D eigenvalue weighted by Crippen LogP contribution is -2.39. The van der Waals surface area contributed by atoms with Crippen molar-refractivity contribution in [1.29, 1.82) is 0 Å². The average Bonchev–Trinajstić information content (AvgIpc) is 3.12. The molecule has 5 heteroatoms. The summed E-state index contributed by atoms with van der Waals surface area (Å²) in [6.07, 6.45) is 0. The molecule has 0 unspecified atom stereocenters. The molecule has 0 saturated carbocycles. The van der Waals surface area contributed by atoms with Gasteiger partial charge in [-0.3, -0.25) is 4.90 Å². The Morgan fingerprint density at radius 3 is 2.48 bits per heavy atom. The predicted molar refractivity (Wildman–Crippen MR) is 111 cm³/mol. The molecule has 1 aromatic heterocycles. The first kappa shape index (κ1) is 18.2. The molecule has 0 bridgehead atoms. The first-order chi connectivity index (χ1) is 13.3. The van der Waals surface area contributed by atoms with Crippen molar-refractivity contribution in [3.05, 3.63) is 70.3 Å². The number of aryl methyl sites for hydroxylation is 1. The summed E-state index contributed by atoms with van der Waals surface area (Å²) in [5.74, 6) is 0. The Bertz CT molecular complexity index is 939. The summed E-state index contributed by atoms with van der Waals surface area (Å²) >= 11 is 1.71. The van der Waals surface area contributed by atoms with Gasteiger partial charge in [0, 0.05) is 31.6 Å². The van der Waals surface area contributed by atoms with Gasteiger partial charge in [-0.15, -0.1) is 11.3 Å². The summed E-state index contributed by atoms with van der Waals surface area (Å²) in [6, 6.07) is 18.9. The van der Waals surface area contributed by atoms with Gasteiger partial charge < -0.3 is 9.30 Å². The smallest absolute Gasteiger partial charge is 0.190 e. The molecular formula is C22H25N3OS. The van der Waals surface area contributed by atoms with Crippen molar-refractivity contribution in [2.75, 3.05) is 32.8 Å². The number of para-hydroxylation sites is 1. The number of benzene rings is 2. The Morgan fingerprint density at radius 1 is 0.963 bits per heavy atom. The molecule has 1 fully saturated rings. The second kappa shape index (κ2) is 8.65. The highest BCUT2D eigenvalue weighted by Gasteiger charge is 2.13. The number of hydrogen-bond donors (Lipinski definition) is 0. The Balaban J connectivity index is 1.70. The van der Waals surface area contributed by atoms with Gasteiger partial charge in [-0.1, -0.05) is 48.5 Å². The van der Waals surface area contributed by atoms with Crippen molar-refractivity contribution < 1.29 is 4.74 Å². The Hall–Kier alpha value is -2.21. The van der Waals surface area contributed by atoms with Crippen LogP contribution in [0.3, 0.4) is 0 Å². The fraction of sp³-hybridized carbons (Fsp3) is 0.318. The number of morpholine rings is 1. The van der Waals surface area contributed by atoms with E-state index in [0.29, 0.717) is 0 Å². The predicted octanol–water partition coefficient (Wildman–Crippen LogP) is 4.09. The lowest BCUT2D eigenvalue weighted by molar-refractivity contribution is 0.0363. The van der Waals surface area contributed by atoms with E-state index in [4.69, 9.17) is 9.73 Å². The Morgan fingerprint density at radius 2 is 1.70 bits per heavy atom. The maximum absolute atomic E-state index is 5.48. The number of aromatic nitrogens is 1. The van der Waals surface area contributed by atoms with Gasteiger partial charge in [0.2, 0.25) is 0 Å². The quantitative estimate of drug-likeness (QED) is 0.668. The van der Waals surface area contributed by atoms with E-state index in [-0.39, 0.29) is 0 Å². The van der Waals surface area contributed by atoms with Crippen LogP contribution in [0, 0.1) is 6.92 Å². The van der Waals surface area contributed by atoms with Crippen LogP contribution in [0.25, 0.3) is 11.3 Å². The number of hydrogen-bond acceptors (Lipinski definition) is 4. The molecule has 4 rings (SSSR count). The second-order valence-electron chi connectivity index (χ2n) is 6.77. The maximum atomic E-state index is 5.48. The Kier molecular flexibility index (Phi) is 5.82. The molecule has 3 aromatic rings. The Labute approximate surface area is 164 Å². The molecule has 4 nitrogen and oxygen atoms in total. The minimum absolute atomic E-state index is 0.834. The topological polar surface area (TPSA) is 29.8 Å². The number of nitrogens with zero attached hydrogens (tertiary/aromatic N) is 3. The van der Waals surface area contributed by atoms with E-state index in [1.165, 1.54) is 16.8 Å². The zero-order valence-electron chi connectivity index (χ0n) is 15.7.